The van der Waals surface area contributed by atoms with Crippen LogP contribution in [0.3, 0.4) is 0 Å². The number of hydrogen-bond donors (Lipinski definition) is 0. The van der Waals surface area contributed by atoms with E-state index in [0.717, 1.165) is 28.2 Å². The van der Waals surface area contributed by atoms with E-state index in [1.54, 1.807) is 0 Å². The van der Waals surface area contributed by atoms with Gasteiger partial charge >= 0.3 is 0 Å². The first-order valence-electron chi connectivity index (χ1n) is 7.75. The summed E-state index contributed by atoms with van der Waals surface area (Å²) < 4.78 is 8.34. The molecule has 0 spiro atoms. The summed E-state index contributed by atoms with van der Waals surface area (Å²) in [7, 11) is 4.09. The van der Waals surface area contributed by atoms with Gasteiger partial charge in [-0.25, -0.2) is 4.58 Å². The van der Waals surface area contributed by atoms with Crippen molar-refractivity contribution in [2.45, 2.75) is 0 Å². The number of ether oxygens (including phenoxy) is 1. The monoisotopic (exact) mass is 300 g/mol. The van der Waals surface area contributed by atoms with Crippen molar-refractivity contribution in [1.82, 2.24) is 0 Å². The largest absolute Gasteiger partial charge is 0.455 e. The molecule has 0 saturated heterocycles. The molecule has 0 atom stereocenters. The van der Waals surface area contributed by atoms with Gasteiger partial charge < -0.3 is 4.74 Å². The average molecular weight is 300 g/mol. The molecule has 0 radical (unpaired) electrons. The quantitative estimate of drug-likeness (QED) is 0.661. The summed E-state index contributed by atoms with van der Waals surface area (Å²) in [5.74, 6) is 1.84. The summed E-state index contributed by atoms with van der Waals surface area (Å²) in [6.45, 7) is 0. The first-order valence-corrected chi connectivity index (χ1v) is 7.75. The molecule has 1 aliphatic heterocycles. The molecule has 0 saturated carbocycles. The third-order valence-corrected chi connectivity index (χ3v) is 4.21. The lowest BCUT2D eigenvalue weighted by Crippen LogP contribution is -2.11. The van der Waals surface area contributed by atoms with Crippen LogP contribution in [0.2, 0.25) is 0 Å². The van der Waals surface area contributed by atoms with Crippen molar-refractivity contribution in [2.24, 2.45) is 0 Å². The second-order valence-electron chi connectivity index (χ2n) is 5.91. The van der Waals surface area contributed by atoms with Gasteiger partial charge in [0.05, 0.1) is 0 Å². The van der Waals surface area contributed by atoms with E-state index in [1.807, 2.05) is 26.2 Å². The molecule has 1 heterocycles. The molecular weight excluding hydrogens is 282 g/mol. The Labute approximate surface area is 136 Å². The van der Waals surface area contributed by atoms with Crippen LogP contribution in [0.15, 0.2) is 78.4 Å². The van der Waals surface area contributed by atoms with Gasteiger partial charge in [0.2, 0.25) is 0 Å². The summed E-state index contributed by atoms with van der Waals surface area (Å²) in [4.78, 5) is 0. The van der Waals surface area contributed by atoms with Gasteiger partial charge in [-0.05, 0) is 23.8 Å². The van der Waals surface area contributed by atoms with Crippen LogP contribution in [0.25, 0.3) is 16.9 Å². The lowest BCUT2D eigenvalue weighted by molar-refractivity contribution is -0.462. The van der Waals surface area contributed by atoms with Crippen molar-refractivity contribution >= 4 is 11.5 Å². The summed E-state index contributed by atoms with van der Waals surface area (Å²) in [6.07, 6.45) is 8.48. The van der Waals surface area contributed by atoms with Crippen LogP contribution in [-0.2, 0) is 0 Å². The Kier molecular flexibility index (Phi) is 3.23. The highest BCUT2D eigenvalue weighted by atomic mass is 16.5. The zero-order valence-electron chi connectivity index (χ0n) is 13.3. The summed E-state index contributed by atoms with van der Waals surface area (Å²) in [5, 5.41) is 0. The Morgan fingerprint density at radius 1 is 0.696 bits per heavy atom. The van der Waals surface area contributed by atoms with Gasteiger partial charge in [-0.1, -0.05) is 42.5 Å². The SMILES string of the molecule is C[N+](C)=C1C=CC(=C2Oc3ccccc3-c3ccccc32)C=C1. The van der Waals surface area contributed by atoms with Crippen molar-refractivity contribution < 1.29 is 9.31 Å². The van der Waals surface area contributed by atoms with E-state index in [-0.39, 0.29) is 0 Å². The molecule has 0 fully saturated rings. The maximum atomic E-state index is 6.25. The van der Waals surface area contributed by atoms with Gasteiger partial charge in [0.15, 0.2) is 5.71 Å². The third kappa shape index (κ3) is 2.33. The standard InChI is InChI=1S/C21H18NO/c1-22(2)16-13-11-15(12-14-16)21-19-9-4-3-7-17(19)18-8-5-6-10-20(18)23-21/h3-14H,1-2H3/q+1. The van der Waals surface area contributed by atoms with Crippen LogP contribution in [-0.4, -0.2) is 24.4 Å². The predicted octanol–water partition coefficient (Wildman–Crippen LogP) is 4.30. The Morgan fingerprint density at radius 2 is 1.30 bits per heavy atom. The molecule has 2 aliphatic rings. The maximum Gasteiger partial charge on any atom is 0.199 e. The Balaban J connectivity index is 1.90. The zero-order valence-corrected chi connectivity index (χ0v) is 13.3. The number of nitrogens with zero attached hydrogens (tertiary/aromatic N) is 1. The lowest BCUT2D eigenvalue weighted by atomic mass is 9.92. The molecule has 2 nitrogen and oxygen atoms in total. The normalized spacial score (nSPS) is 15.1. The highest BCUT2D eigenvalue weighted by molar-refractivity contribution is 6.03. The second kappa shape index (κ2) is 5.40. The number of rotatable bonds is 0. The van der Waals surface area contributed by atoms with Gasteiger partial charge in [-0.2, -0.15) is 0 Å². The van der Waals surface area contributed by atoms with E-state index in [4.69, 9.17) is 4.74 Å². The van der Waals surface area contributed by atoms with Crippen molar-refractivity contribution in [3.05, 3.63) is 84.0 Å². The van der Waals surface area contributed by atoms with Gasteiger partial charge in [0.25, 0.3) is 0 Å². The van der Waals surface area contributed by atoms with E-state index in [2.05, 4.69) is 65.3 Å². The predicted molar refractivity (Wildman–Crippen MR) is 94.8 cm³/mol. The molecule has 0 amide bonds. The molecule has 0 bridgehead atoms. The van der Waals surface area contributed by atoms with Crippen LogP contribution < -0.4 is 4.74 Å². The van der Waals surface area contributed by atoms with E-state index in [1.165, 1.54) is 11.3 Å². The molecule has 23 heavy (non-hydrogen) atoms. The zero-order chi connectivity index (χ0) is 15.8. The van der Waals surface area contributed by atoms with Crippen LogP contribution >= 0.6 is 0 Å². The minimum Gasteiger partial charge on any atom is -0.455 e. The van der Waals surface area contributed by atoms with Crippen LogP contribution in [0.1, 0.15) is 5.56 Å². The molecule has 0 unspecified atom stereocenters. The van der Waals surface area contributed by atoms with E-state index >= 15 is 0 Å². The van der Waals surface area contributed by atoms with Gasteiger partial charge in [-0.3, -0.25) is 0 Å². The van der Waals surface area contributed by atoms with Crippen molar-refractivity contribution in [1.29, 1.82) is 0 Å². The van der Waals surface area contributed by atoms with Gasteiger partial charge in [-0.15, -0.1) is 0 Å². The third-order valence-electron chi connectivity index (χ3n) is 4.21. The molecule has 0 aromatic heterocycles. The van der Waals surface area contributed by atoms with E-state index in [0.29, 0.717) is 0 Å². The molecular formula is C21H18NO+. The molecule has 2 aromatic carbocycles. The highest BCUT2D eigenvalue weighted by Crippen LogP contribution is 2.43. The Bertz CT molecular complexity index is 891. The second-order valence-corrected chi connectivity index (χ2v) is 5.91. The first-order chi connectivity index (χ1) is 11.2. The van der Waals surface area contributed by atoms with E-state index < -0.39 is 0 Å². The average Bonchev–Trinajstić information content (AvgIpc) is 2.61. The smallest absolute Gasteiger partial charge is 0.199 e. The Hall–Kier alpha value is -2.87. The van der Waals surface area contributed by atoms with E-state index in [9.17, 15) is 0 Å². The number of benzene rings is 2. The van der Waals surface area contributed by atoms with Crippen molar-refractivity contribution in [3.63, 3.8) is 0 Å². The minimum atomic E-state index is 0.915. The summed E-state index contributed by atoms with van der Waals surface area (Å²) in [6, 6.07) is 16.6. The van der Waals surface area contributed by atoms with Crippen molar-refractivity contribution in [2.75, 3.05) is 14.1 Å². The fourth-order valence-electron chi connectivity index (χ4n) is 2.98. The number of para-hydroxylation sites is 1. The minimum absolute atomic E-state index is 0.915. The molecule has 2 heteroatoms. The topological polar surface area (TPSA) is 12.2 Å². The van der Waals surface area contributed by atoms with Crippen LogP contribution in [0.4, 0.5) is 0 Å². The van der Waals surface area contributed by atoms with Gasteiger partial charge in [0.1, 0.15) is 25.6 Å². The van der Waals surface area contributed by atoms with Crippen molar-refractivity contribution in [3.8, 4) is 16.9 Å². The number of hydrogen-bond acceptors (Lipinski definition) is 1. The Morgan fingerprint density at radius 3 is 2.00 bits per heavy atom. The number of fused-ring (bicyclic) bond motifs is 3. The molecule has 112 valence electrons. The molecule has 0 N–H and O–H groups in total. The maximum absolute atomic E-state index is 6.25. The molecule has 1 aliphatic carbocycles. The fourth-order valence-corrected chi connectivity index (χ4v) is 2.98. The number of allylic oxidation sites excluding steroid dienone is 5. The fraction of sp³-hybridized carbons (Fsp3) is 0.0952. The molecule has 4 rings (SSSR count). The van der Waals surface area contributed by atoms with Crippen LogP contribution in [0.5, 0.6) is 5.75 Å². The van der Waals surface area contributed by atoms with Crippen LogP contribution in [0, 0.1) is 0 Å². The van der Waals surface area contributed by atoms with Gasteiger partial charge in [0, 0.05) is 28.9 Å². The molecule has 2 aromatic rings. The first kappa shape index (κ1) is 13.8. The summed E-state index contributed by atoms with van der Waals surface area (Å²) in [5.41, 5.74) is 5.79. The highest BCUT2D eigenvalue weighted by Gasteiger charge is 2.23. The lowest BCUT2D eigenvalue weighted by Gasteiger charge is -2.24. The summed E-state index contributed by atoms with van der Waals surface area (Å²) >= 11 is 0.